The van der Waals surface area contributed by atoms with Gasteiger partial charge in [-0.05, 0) is 82.0 Å². The largest absolute Gasteiger partial charge is 0.391 e. The first kappa shape index (κ1) is 24.2. The molecular formula is C25H34Cl2N4O3. The van der Waals surface area contributed by atoms with Crippen molar-refractivity contribution in [3.8, 4) is 0 Å². The number of hydrogen-bond donors (Lipinski definition) is 2. The molecule has 1 aromatic rings. The highest BCUT2D eigenvalue weighted by molar-refractivity contribution is 6.42. The number of β-amino-alcohol motifs (C(OH)–C–C–N with tert-alkyl or cyclic N) is 1. The van der Waals surface area contributed by atoms with Crippen LogP contribution in [-0.2, 0) is 4.79 Å². The third kappa shape index (κ3) is 4.64. The monoisotopic (exact) mass is 508 g/mol. The lowest BCUT2D eigenvalue weighted by atomic mass is 9.88. The number of hydrogen-bond acceptors (Lipinski definition) is 4. The van der Waals surface area contributed by atoms with Crippen LogP contribution in [0.4, 0.5) is 10.5 Å². The third-order valence-corrected chi connectivity index (χ3v) is 9.25. The van der Waals surface area contributed by atoms with Crippen LogP contribution in [0.3, 0.4) is 0 Å². The van der Waals surface area contributed by atoms with Gasteiger partial charge in [-0.15, -0.1) is 0 Å². The molecule has 4 aliphatic rings. The maximum atomic E-state index is 13.4. The molecule has 5 rings (SSSR count). The second kappa shape index (κ2) is 9.49. The highest BCUT2D eigenvalue weighted by Crippen LogP contribution is 2.53. The highest BCUT2D eigenvalue weighted by Gasteiger charge is 2.51. The summed E-state index contributed by atoms with van der Waals surface area (Å²) in [5, 5.41) is 14.2. The quantitative estimate of drug-likeness (QED) is 0.638. The van der Waals surface area contributed by atoms with Crippen LogP contribution in [0.2, 0.25) is 10.0 Å². The summed E-state index contributed by atoms with van der Waals surface area (Å²) in [7, 11) is 0. The Morgan fingerprint density at radius 3 is 2.68 bits per heavy atom. The lowest BCUT2D eigenvalue weighted by molar-refractivity contribution is -0.149. The SMILES string of the molecule is C[C@H]1C(=O)N2[C@@H](CCN3CCC4(CC4)[C@H](O)C3)CCC[C@@H]2CN1C(=O)Nc1ccc(Cl)c(Cl)c1. The van der Waals surface area contributed by atoms with Gasteiger partial charge in [-0.25, -0.2) is 4.79 Å². The zero-order valence-electron chi connectivity index (χ0n) is 19.7. The van der Waals surface area contributed by atoms with Crippen LogP contribution in [-0.4, -0.2) is 82.2 Å². The Morgan fingerprint density at radius 1 is 1.18 bits per heavy atom. The molecule has 0 bridgehead atoms. The first-order valence-electron chi connectivity index (χ1n) is 12.5. The van der Waals surface area contributed by atoms with Crippen molar-refractivity contribution in [3.63, 3.8) is 0 Å². The topological polar surface area (TPSA) is 76.1 Å². The van der Waals surface area contributed by atoms with Crippen molar-refractivity contribution in [2.45, 2.75) is 76.1 Å². The molecule has 0 radical (unpaired) electrons. The molecule has 4 fully saturated rings. The van der Waals surface area contributed by atoms with Gasteiger partial charge in [-0.2, -0.15) is 0 Å². The van der Waals surface area contributed by atoms with Gasteiger partial charge in [0.05, 0.1) is 16.1 Å². The summed E-state index contributed by atoms with van der Waals surface area (Å²) in [5.74, 6) is 0.0286. The Morgan fingerprint density at radius 2 is 1.97 bits per heavy atom. The van der Waals surface area contributed by atoms with Crippen molar-refractivity contribution in [2.24, 2.45) is 5.41 Å². The van der Waals surface area contributed by atoms with E-state index >= 15 is 0 Å². The molecule has 3 amide bonds. The molecule has 0 aromatic heterocycles. The summed E-state index contributed by atoms with van der Waals surface area (Å²) in [5.41, 5.74) is 0.770. The van der Waals surface area contributed by atoms with Gasteiger partial charge in [0.2, 0.25) is 5.91 Å². The number of halogens is 2. The fourth-order valence-corrected chi connectivity index (χ4v) is 6.40. The number of carbonyl (C=O) groups excluding carboxylic acids is 2. The van der Waals surface area contributed by atoms with Gasteiger partial charge in [0.25, 0.3) is 0 Å². The average molecular weight is 509 g/mol. The van der Waals surface area contributed by atoms with Gasteiger partial charge in [0, 0.05) is 37.4 Å². The van der Waals surface area contributed by atoms with Crippen molar-refractivity contribution in [3.05, 3.63) is 28.2 Å². The number of rotatable bonds is 4. The van der Waals surface area contributed by atoms with Crippen molar-refractivity contribution in [2.75, 3.05) is 31.5 Å². The number of nitrogens with one attached hydrogen (secondary N) is 1. The predicted octanol–water partition coefficient (Wildman–Crippen LogP) is 4.22. The van der Waals surface area contributed by atoms with E-state index in [0.29, 0.717) is 22.3 Å². The van der Waals surface area contributed by atoms with E-state index in [0.717, 1.165) is 51.7 Å². The minimum Gasteiger partial charge on any atom is -0.391 e. The molecule has 1 aromatic carbocycles. The Balaban J connectivity index is 1.20. The van der Waals surface area contributed by atoms with Crippen LogP contribution in [0.15, 0.2) is 18.2 Å². The Hall–Kier alpha value is -1.54. The predicted molar refractivity (Wildman–Crippen MR) is 133 cm³/mol. The number of urea groups is 1. The zero-order valence-corrected chi connectivity index (χ0v) is 21.2. The summed E-state index contributed by atoms with van der Waals surface area (Å²) < 4.78 is 0. The maximum Gasteiger partial charge on any atom is 0.322 e. The zero-order chi connectivity index (χ0) is 24.0. The third-order valence-electron chi connectivity index (χ3n) is 8.51. The molecule has 2 N–H and O–H groups in total. The van der Waals surface area contributed by atoms with Gasteiger partial charge in [-0.3, -0.25) is 4.79 Å². The first-order chi connectivity index (χ1) is 16.3. The molecule has 3 heterocycles. The lowest BCUT2D eigenvalue weighted by Gasteiger charge is -2.50. The number of piperazine rings is 1. The molecule has 9 heteroatoms. The minimum absolute atomic E-state index is 0.0286. The van der Waals surface area contributed by atoms with Crippen LogP contribution in [0.5, 0.6) is 0 Å². The number of aliphatic hydroxyl groups excluding tert-OH is 1. The molecule has 7 nitrogen and oxygen atoms in total. The fourth-order valence-electron chi connectivity index (χ4n) is 6.11. The molecule has 4 atom stereocenters. The van der Waals surface area contributed by atoms with Crippen molar-refractivity contribution >= 4 is 40.8 Å². The van der Waals surface area contributed by atoms with Gasteiger partial charge < -0.3 is 25.1 Å². The van der Waals surface area contributed by atoms with Crippen LogP contribution in [0, 0.1) is 5.41 Å². The van der Waals surface area contributed by atoms with Crippen molar-refractivity contribution in [1.29, 1.82) is 0 Å². The number of fused-ring (bicyclic) bond motifs is 1. The number of anilines is 1. The molecule has 3 aliphatic heterocycles. The molecule has 34 heavy (non-hydrogen) atoms. The maximum absolute atomic E-state index is 13.4. The number of aliphatic hydroxyl groups is 1. The summed E-state index contributed by atoms with van der Waals surface area (Å²) in [4.78, 5) is 32.6. The second-order valence-corrected chi connectivity index (χ2v) is 11.4. The van der Waals surface area contributed by atoms with E-state index in [9.17, 15) is 14.7 Å². The van der Waals surface area contributed by atoms with Gasteiger partial charge in [-0.1, -0.05) is 23.2 Å². The fraction of sp³-hybridized carbons (Fsp3) is 0.680. The van der Waals surface area contributed by atoms with E-state index in [4.69, 9.17) is 23.2 Å². The number of nitrogens with zero attached hydrogens (tertiary/aromatic N) is 3. The van der Waals surface area contributed by atoms with E-state index in [2.05, 4.69) is 15.1 Å². The minimum atomic E-state index is -0.522. The summed E-state index contributed by atoms with van der Waals surface area (Å²) >= 11 is 12.1. The van der Waals surface area contributed by atoms with Gasteiger partial charge in [0.15, 0.2) is 0 Å². The highest BCUT2D eigenvalue weighted by atomic mass is 35.5. The first-order valence-corrected chi connectivity index (χ1v) is 13.3. The number of benzene rings is 1. The van der Waals surface area contributed by atoms with Crippen molar-refractivity contribution < 1.29 is 14.7 Å². The molecule has 186 valence electrons. The van der Waals surface area contributed by atoms with E-state index in [1.165, 1.54) is 12.8 Å². The van der Waals surface area contributed by atoms with Crippen LogP contribution in [0.1, 0.15) is 51.9 Å². The Kier molecular flexibility index (Phi) is 6.75. The van der Waals surface area contributed by atoms with Gasteiger partial charge >= 0.3 is 6.03 Å². The van der Waals surface area contributed by atoms with Crippen LogP contribution >= 0.6 is 23.2 Å². The summed E-state index contributed by atoms with van der Waals surface area (Å²) in [6.07, 6.45) is 7.11. The second-order valence-electron chi connectivity index (χ2n) is 10.6. The summed E-state index contributed by atoms with van der Waals surface area (Å²) in [6, 6.07) is 4.39. The van der Waals surface area contributed by atoms with E-state index in [1.54, 1.807) is 23.1 Å². The van der Waals surface area contributed by atoms with E-state index in [1.807, 2.05) is 6.92 Å². The molecule has 1 spiro atoms. The normalized spacial score (nSPS) is 30.9. The Bertz CT molecular complexity index is 956. The number of likely N-dealkylation sites (tertiary alicyclic amines) is 1. The molecule has 1 saturated carbocycles. The average Bonchev–Trinajstić information content (AvgIpc) is 3.60. The Labute approximate surface area is 211 Å². The lowest BCUT2D eigenvalue weighted by Crippen LogP contribution is -2.66. The van der Waals surface area contributed by atoms with Crippen molar-refractivity contribution in [1.82, 2.24) is 14.7 Å². The van der Waals surface area contributed by atoms with Gasteiger partial charge in [0.1, 0.15) is 6.04 Å². The standard InChI is InChI=1S/C25H34Cl2N4O3/c1-16-23(33)31-18(7-11-29-12-10-25(8-9-25)22(32)15-29)3-2-4-19(31)14-30(16)24(34)28-17-5-6-20(26)21(27)13-17/h5-6,13,16,18-19,22,32H,2-4,7-12,14-15H2,1H3,(H,28,34)/t16-,18+,19+,22+/m0/s1. The van der Waals surface area contributed by atoms with E-state index < -0.39 is 6.04 Å². The molecular weight excluding hydrogens is 475 g/mol. The smallest absolute Gasteiger partial charge is 0.322 e. The number of carbonyl (C=O) groups is 2. The van der Waals surface area contributed by atoms with E-state index in [-0.39, 0.29) is 35.5 Å². The number of amides is 3. The molecule has 0 unspecified atom stereocenters. The number of piperidine rings is 2. The molecule has 1 aliphatic carbocycles. The molecule has 3 saturated heterocycles. The summed E-state index contributed by atoms with van der Waals surface area (Å²) in [6.45, 7) is 5.05. The van der Waals surface area contributed by atoms with Crippen LogP contribution in [0.25, 0.3) is 0 Å². The van der Waals surface area contributed by atoms with Crippen LogP contribution < -0.4 is 5.32 Å².